The monoisotopic (exact) mass is 450 g/mol. The molecule has 1 aliphatic rings. The Morgan fingerprint density at radius 2 is 1.16 bits per heavy atom. The minimum Gasteiger partial charge on any atom is -0.0631 e. The van der Waals surface area contributed by atoms with Crippen LogP contribution in [0.15, 0.2) is 36.4 Å². The second-order valence-corrected chi connectivity index (χ2v) is 15.8. The van der Waals surface area contributed by atoms with Crippen LogP contribution in [0.1, 0.15) is 129 Å². The summed E-state index contributed by atoms with van der Waals surface area (Å²) in [6, 6.07) is 14.5. The van der Waals surface area contributed by atoms with Gasteiger partial charge in [-0.05, 0) is 74.0 Å². The summed E-state index contributed by atoms with van der Waals surface area (Å²) >= 11 is 0. The Morgan fingerprint density at radius 3 is 1.59 bits per heavy atom. The van der Waals surface area contributed by atoms with Crippen LogP contribution in [0, 0.1) is 0 Å². The molecule has 176 valence electrons. The van der Waals surface area contributed by atoms with E-state index < -0.39 is 0 Å². The molecule has 3 rings (SSSR count). The SMILES string of the molecule is CC(C)c1cc(C(C)C)c(-c2ccccc2P2C(C)(C)CCCCC2(C)C)c(C(C)C)c1. The third kappa shape index (κ3) is 5.01. The maximum absolute atomic E-state index is 2.55. The van der Waals surface area contributed by atoms with Crippen molar-refractivity contribution in [3.8, 4) is 11.1 Å². The van der Waals surface area contributed by atoms with Crippen LogP contribution in [0.4, 0.5) is 0 Å². The second-order valence-electron chi connectivity index (χ2n) is 12.2. The highest BCUT2D eigenvalue weighted by atomic mass is 31.1. The summed E-state index contributed by atoms with van der Waals surface area (Å²) in [6.07, 6.45) is 5.43. The van der Waals surface area contributed by atoms with Gasteiger partial charge in [-0.2, -0.15) is 0 Å². The molecule has 0 aromatic heterocycles. The molecule has 1 fully saturated rings. The molecule has 1 aliphatic heterocycles. The summed E-state index contributed by atoms with van der Waals surface area (Å²) in [7, 11) is -0.308. The fourth-order valence-electron chi connectivity index (χ4n) is 5.96. The van der Waals surface area contributed by atoms with E-state index in [0.29, 0.717) is 28.1 Å². The molecule has 0 spiro atoms. The lowest BCUT2D eigenvalue weighted by molar-refractivity contribution is 0.563. The van der Waals surface area contributed by atoms with Gasteiger partial charge in [0.15, 0.2) is 0 Å². The lowest BCUT2D eigenvalue weighted by atomic mass is 9.82. The molecular formula is C31H47P. The molecule has 2 aromatic carbocycles. The lowest BCUT2D eigenvalue weighted by Crippen LogP contribution is -2.34. The predicted octanol–water partition coefficient (Wildman–Crippen LogP) is 9.96. The Hall–Kier alpha value is -1.13. The number of benzene rings is 2. The van der Waals surface area contributed by atoms with Crippen molar-refractivity contribution in [1.82, 2.24) is 0 Å². The third-order valence-electron chi connectivity index (χ3n) is 7.58. The summed E-state index contributed by atoms with van der Waals surface area (Å²) in [6.45, 7) is 24.4. The summed E-state index contributed by atoms with van der Waals surface area (Å²) in [5.41, 5.74) is 7.61. The van der Waals surface area contributed by atoms with E-state index in [1.54, 1.807) is 5.30 Å². The quantitative estimate of drug-likeness (QED) is 0.397. The van der Waals surface area contributed by atoms with E-state index in [1.807, 2.05) is 0 Å². The van der Waals surface area contributed by atoms with Crippen LogP contribution in [0.5, 0.6) is 0 Å². The van der Waals surface area contributed by atoms with Crippen LogP contribution in [0.3, 0.4) is 0 Å². The zero-order chi connectivity index (χ0) is 23.8. The molecule has 1 heteroatoms. The molecule has 1 saturated heterocycles. The molecule has 32 heavy (non-hydrogen) atoms. The average molecular weight is 451 g/mol. The zero-order valence-electron chi connectivity index (χ0n) is 22.5. The van der Waals surface area contributed by atoms with Crippen LogP contribution in [-0.4, -0.2) is 10.3 Å². The maximum atomic E-state index is 2.55. The first-order chi connectivity index (χ1) is 14.9. The first kappa shape index (κ1) is 25.5. The van der Waals surface area contributed by atoms with Crippen LogP contribution in [0.2, 0.25) is 0 Å². The summed E-state index contributed by atoms with van der Waals surface area (Å²) in [5, 5.41) is 2.36. The first-order valence-electron chi connectivity index (χ1n) is 12.9. The molecule has 0 saturated carbocycles. The predicted molar refractivity (Wildman–Crippen MR) is 147 cm³/mol. The highest BCUT2D eigenvalue weighted by Crippen LogP contribution is 2.64. The van der Waals surface area contributed by atoms with Crippen LogP contribution in [0.25, 0.3) is 11.1 Å². The first-order valence-corrected chi connectivity index (χ1v) is 14.3. The van der Waals surface area contributed by atoms with Gasteiger partial charge in [-0.3, -0.25) is 0 Å². The minimum atomic E-state index is -0.308. The van der Waals surface area contributed by atoms with E-state index in [1.165, 1.54) is 53.5 Å². The van der Waals surface area contributed by atoms with E-state index >= 15 is 0 Å². The Labute approximate surface area is 200 Å². The van der Waals surface area contributed by atoms with Gasteiger partial charge in [0.25, 0.3) is 0 Å². The van der Waals surface area contributed by atoms with Crippen LogP contribution >= 0.6 is 7.92 Å². The van der Waals surface area contributed by atoms with E-state index in [2.05, 4.69) is 106 Å². The molecule has 0 radical (unpaired) electrons. The van der Waals surface area contributed by atoms with Crippen LogP contribution < -0.4 is 5.30 Å². The molecule has 0 amide bonds. The van der Waals surface area contributed by atoms with Gasteiger partial charge in [0, 0.05) is 0 Å². The lowest BCUT2D eigenvalue weighted by Gasteiger charge is -2.45. The Bertz CT molecular complexity index is 882. The van der Waals surface area contributed by atoms with Gasteiger partial charge in [-0.15, -0.1) is 0 Å². The van der Waals surface area contributed by atoms with Gasteiger partial charge >= 0.3 is 0 Å². The summed E-state index contributed by atoms with van der Waals surface area (Å²) in [5.74, 6) is 1.58. The van der Waals surface area contributed by atoms with E-state index in [4.69, 9.17) is 0 Å². The van der Waals surface area contributed by atoms with Crippen molar-refractivity contribution in [3.05, 3.63) is 53.1 Å². The molecule has 0 N–H and O–H groups in total. The average Bonchev–Trinajstić information content (AvgIpc) is 2.80. The molecule has 0 unspecified atom stereocenters. The highest BCUT2D eigenvalue weighted by molar-refractivity contribution is 7.68. The normalized spacial score (nSPS) is 19.0. The van der Waals surface area contributed by atoms with Crippen molar-refractivity contribution in [2.45, 2.75) is 123 Å². The van der Waals surface area contributed by atoms with E-state index in [0.717, 1.165) is 0 Å². The standard InChI is InChI=1S/C31H47P/c1-21(2)24-19-26(22(3)4)29(27(20-24)23(5)6)25-15-11-12-16-28(25)32-30(7,8)17-13-14-18-31(32,9)10/h11-12,15-16,19-23H,13-14,17-18H2,1-10H3. The molecule has 0 nitrogen and oxygen atoms in total. The van der Waals surface area contributed by atoms with Crippen molar-refractivity contribution in [1.29, 1.82) is 0 Å². The zero-order valence-corrected chi connectivity index (χ0v) is 23.4. The fraction of sp³-hybridized carbons (Fsp3) is 0.613. The Morgan fingerprint density at radius 1 is 0.688 bits per heavy atom. The largest absolute Gasteiger partial charge is 0.0631 e. The number of rotatable bonds is 5. The van der Waals surface area contributed by atoms with Gasteiger partial charge in [0.1, 0.15) is 0 Å². The van der Waals surface area contributed by atoms with Crippen molar-refractivity contribution >= 4 is 13.2 Å². The Kier molecular flexibility index (Phi) is 7.66. The maximum Gasteiger partial charge on any atom is -0.0101 e. The second kappa shape index (κ2) is 9.62. The smallest absolute Gasteiger partial charge is 0.0101 e. The number of hydrogen-bond donors (Lipinski definition) is 0. The van der Waals surface area contributed by atoms with Gasteiger partial charge in [0.05, 0.1) is 0 Å². The summed E-state index contributed by atoms with van der Waals surface area (Å²) < 4.78 is 0. The van der Waals surface area contributed by atoms with Crippen LogP contribution in [-0.2, 0) is 0 Å². The van der Waals surface area contributed by atoms with E-state index in [-0.39, 0.29) is 7.92 Å². The number of hydrogen-bond acceptors (Lipinski definition) is 0. The van der Waals surface area contributed by atoms with Gasteiger partial charge in [-0.25, -0.2) is 0 Å². The fourth-order valence-corrected chi connectivity index (χ4v) is 10.3. The van der Waals surface area contributed by atoms with Gasteiger partial charge < -0.3 is 0 Å². The highest BCUT2D eigenvalue weighted by Gasteiger charge is 2.43. The topological polar surface area (TPSA) is 0 Å². The van der Waals surface area contributed by atoms with E-state index in [9.17, 15) is 0 Å². The third-order valence-corrected chi connectivity index (χ3v) is 11.3. The van der Waals surface area contributed by atoms with Gasteiger partial charge in [0.2, 0.25) is 0 Å². The van der Waals surface area contributed by atoms with Crippen molar-refractivity contribution in [2.75, 3.05) is 0 Å². The molecule has 2 aromatic rings. The summed E-state index contributed by atoms with van der Waals surface area (Å²) in [4.78, 5) is 0. The molecule has 0 bridgehead atoms. The van der Waals surface area contributed by atoms with Gasteiger partial charge in [-0.1, -0.05) is 126 Å². The molecule has 0 aliphatic carbocycles. The molecular weight excluding hydrogens is 403 g/mol. The van der Waals surface area contributed by atoms with Crippen molar-refractivity contribution in [2.24, 2.45) is 0 Å². The van der Waals surface area contributed by atoms with Crippen molar-refractivity contribution in [3.63, 3.8) is 0 Å². The molecule has 1 heterocycles. The Balaban J connectivity index is 2.36. The minimum absolute atomic E-state index is 0.308. The van der Waals surface area contributed by atoms with Crippen molar-refractivity contribution < 1.29 is 0 Å². The molecule has 0 atom stereocenters.